The zero-order valence-corrected chi connectivity index (χ0v) is 10.6. The Morgan fingerprint density at radius 3 is 2.72 bits per heavy atom. The number of hydrogen-bond donors (Lipinski definition) is 0. The fourth-order valence-electron chi connectivity index (χ4n) is 2.87. The average molecular weight is 243 g/mol. The fraction of sp³-hybridized carbons (Fsp3) is 0.400. The molecule has 1 heterocycles. The largest absolute Gasteiger partial charge is 0.495 e. The molecular formula is C15H17NO2. The smallest absolute Gasteiger partial charge is 0.254 e. The highest BCUT2D eigenvalue weighted by Gasteiger charge is 2.33. The summed E-state index contributed by atoms with van der Waals surface area (Å²) in [7, 11) is 1.65. The molecule has 18 heavy (non-hydrogen) atoms. The van der Waals surface area contributed by atoms with Crippen molar-refractivity contribution in [1.82, 2.24) is 0 Å². The zero-order valence-electron chi connectivity index (χ0n) is 10.6. The van der Waals surface area contributed by atoms with Crippen LogP contribution in [-0.4, -0.2) is 19.6 Å². The van der Waals surface area contributed by atoms with E-state index in [9.17, 15) is 4.79 Å². The van der Waals surface area contributed by atoms with Crippen LogP contribution in [-0.2, 0) is 4.79 Å². The van der Waals surface area contributed by atoms with Gasteiger partial charge in [0.15, 0.2) is 0 Å². The lowest BCUT2D eigenvalue weighted by atomic mass is 9.94. The van der Waals surface area contributed by atoms with Gasteiger partial charge in [0.1, 0.15) is 5.75 Å². The minimum atomic E-state index is 0.175. The Balaban J connectivity index is 1.94. The molecule has 94 valence electrons. The van der Waals surface area contributed by atoms with E-state index in [1.807, 2.05) is 29.2 Å². The topological polar surface area (TPSA) is 29.5 Å². The van der Waals surface area contributed by atoms with Crippen LogP contribution in [0.25, 0.3) is 0 Å². The number of anilines is 1. The molecule has 1 aromatic carbocycles. The number of amides is 1. The quantitative estimate of drug-likeness (QED) is 0.799. The molecule has 1 aromatic rings. The number of nitrogens with zero attached hydrogens (tertiary/aromatic N) is 1. The van der Waals surface area contributed by atoms with Gasteiger partial charge >= 0.3 is 0 Å². The third-order valence-corrected chi connectivity index (χ3v) is 3.81. The van der Waals surface area contributed by atoms with Gasteiger partial charge in [-0.25, -0.2) is 0 Å². The van der Waals surface area contributed by atoms with Gasteiger partial charge in [-0.1, -0.05) is 12.1 Å². The Morgan fingerprint density at radius 2 is 1.94 bits per heavy atom. The van der Waals surface area contributed by atoms with E-state index in [1.54, 1.807) is 7.11 Å². The van der Waals surface area contributed by atoms with Gasteiger partial charge in [0.05, 0.1) is 12.8 Å². The van der Waals surface area contributed by atoms with Crippen LogP contribution in [0.2, 0.25) is 0 Å². The number of carbonyl (C=O) groups excluding carboxylic acids is 1. The molecule has 1 aliphatic heterocycles. The average Bonchev–Trinajstić information content (AvgIpc) is 2.76. The second kappa shape index (κ2) is 4.48. The second-order valence-electron chi connectivity index (χ2n) is 4.85. The molecular weight excluding hydrogens is 226 g/mol. The first-order chi connectivity index (χ1) is 8.81. The van der Waals surface area contributed by atoms with Gasteiger partial charge in [-0.3, -0.25) is 4.79 Å². The molecule has 0 spiro atoms. The summed E-state index contributed by atoms with van der Waals surface area (Å²) in [5.41, 5.74) is 3.27. The van der Waals surface area contributed by atoms with Crippen LogP contribution >= 0.6 is 0 Å². The lowest BCUT2D eigenvalue weighted by molar-refractivity contribution is -0.114. The number of para-hydroxylation sites is 2. The number of rotatable bonds is 2. The summed E-state index contributed by atoms with van der Waals surface area (Å²) in [5.74, 6) is 0.944. The highest BCUT2D eigenvalue weighted by Crippen LogP contribution is 2.37. The van der Waals surface area contributed by atoms with Gasteiger partial charge in [0.25, 0.3) is 5.91 Å². The first kappa shape index (κ1) is 11.3. The van der Waals surface area contributed by atoms with Gasteiger partial charge in [-0.2, -0.15) is 0 Å². The van der Waals surface area contributed by atoms with Gasteiger partial charge in [-0.05, 0) is 43.4 Å². The maximum atomic E-state index is 12.4. The minimum absolute atomic E-state index is 0.175. The fourth-order valence-corrected chi connectivity index (χ4v) is 2.87. The predicted octanol–water partition coefficient (Wildman–Crippen LogP) is 2.91. The molecule has 0 aromatic heterocycles. The van der Waals surface area contributed by atoms with Gasteiger partial charge in [-0.15, -0.1) is 0 Å². The van der Waals surface area contributed by atoms with Crippen molar-refractivity contribution in [3.05, 3.63) is 35.4 Å². The SMILES string of the molecule is COc1ccccc1N1CC2=C(CCCC2)C1=O. The van der Waals surface area contributed by atoms with Crippen LogP contribution in [0, 0.1) is 0 Å². The van der Waals surface area contributed by atoms with E-state index in [-0.39, 0.29) is 5.91 Å². The summed E-state index contributed by atoms with van der Waals surface area (Å²) in [6.07, 6.45) is 4.38. The molecule has 0 saturated carbocycles. The molecule has 0 atom stereocenters. The molecule has 3 heteroatoms. The van der Waals surface area contributed by atoms with E-state index in [1.165, 1.54) is 12.0 Å². The van der Waals surface area contributed by atoms with Crippen LogP contribution < -0.4 is 9.64 Å². The molecule has 0 saturated heterocycles. The monoisotopic (exact) mass is 243 g/mol. The van der Waals surface area contributed by atoms with Crippen LogP contribution in [0.1, 0.15) is 25.7 Å². The van der Waals surface area contributed by atoms with Crippen LogP contribution in [0.5, 0.6) is 5.75 Å². The predicted molar refractivity (Wildman–Crippen MR) is 70.8 cm³/mol. The molecule has 1 amide bonds. The van der Waals surface area contributed by atoms with Crippen molar-refractivity contribution in [2.24, 2.45) is 0 Å². The summed E-state index contributed by atoms with van der Waals surface area (Å²) < 4.78 is 5.35. The van der Waals surface area contributed by atoms with Crippen LogP contribution in [0.15, 0.2) is 35.4 Å². The Morgan fingerprint density at radius 1 is 1.17 bits per heavy atom. The Hall–Kier alpha value is -1.77. The molecule has 0 fully saturated rings. The summed E-state index contributed by atoms with van der Waals surface area (Å²) >= 11 is 0. The summed E-state index contributed by atoms with van der Waals surface area (Å²) in [5, 5.41) is 0. The van der Waals surface area contributed by atoms with E-state index >= 15 is 0 Å². The van der Waals surface area contributed by atoms with Gasteiger partial charge in [0, 0.05) is 12.1 Å². The normalized spacial score (nSPS) is 19.2. The van der Waals surface area contributed by atoms with Crippen molar-refractivity contribution < 1.29 is 9.53 Å². The lowest BCUT2D eigenvalue weighted by Crippen LogP contribution is -2.27. The molecule has 0 bridgehead atoms. The second-order valence-corrected chi connectivity index (χ2v) is 4.85. The van der Waals surface area contributed by atoms with Gasteiger partial charge in [0.2, 0.25) is 0 Å². The maximum Gasteiger partial charge on any atom is 0.254 e. The third-order valence-electron chi connectivity index (χ3n) is 3.81. The highest BCUT2D eigenvalue weighted by molar-refractivity contribution is 6.10. The van der Waals surface area contributed by atoms with E-state index in [2.05, 4.69) is 0 Å². The number of ether oxygens (including phenoxy) is 1. The number of hydrogen-bond acceptors (Lipinski definition) is 2. The van der Waals surface area contributed by atoms with E-state index < -0.39 is 0 Å². The van der Waals surface area contributed by atoms with Gasteiger partial charge < -0.3 is 9.64 Å². The molecule has 1 aliphatic carbocycles. The summed E-state index contributed by atoms with van der Waals surface area (Å²) in [4.78, 5) is 14.3. The van der Waals surface area contributed by atoms with Crippen molar-refractivity contribution in [1.29, 1.82) is 0 Å². The standard InChI is InChI=1S/C15H17NO2/c1-18-14-9-5-4-8-13(14)16-10-11-6-2-3-7-12(11)15(16)17/h4-5,8-9H,2-3,6-7,10H2,1H3. The maximum absolute atomic E-state index is 12.4. The van der Waals surface area contributed by atoms with Crippen molar-refractivity contribution in [3.63, 3.8) is 0 Å². The molecule has 0 radical (unpaired) electrons. The first-order valence-corrected chi connectivity index (χ1v) is 6.47. The first-order valence-electron chi connectivity index (χ1n) is 6.47. The lowest BCUT2D eigenvalue weighted by Gasteiger charge is -2.19. The third kappa shape index (κ3) is 1.70. The van der Waals surface area contributed by atoms with Crippen molar-refractivity contribution in [2.45, 2.75) is 25.7 Å². The van der Waals surface area contributed by atoms with E-state index in [4.69, 9.17) is 4.74 Å². The van der Waals surface area contributed by atoms with Crippen LogP contribution in [0.4, 0.5) is 5.69 Å². The van der Waals surface area contributed by atoms with Crippen molar-refractivity contribution in [3.8, 4) is 5.75 Å². The van der Waals surface area contributed by atoms with E-state index in [0.717, 1.165) is 42.8 Å². The van der Waals surface area contributed by atoms with Crippen molar-refractivity contribution in [2.75, 3.05) is 18.6 Å². The molecule has 0 unspecified atom stereocenters. The Bertz CT molecular complexity index is 519. The minimum Gasteiger partial charge on any atom is -0.495 e. The molecule has 0 N–H and O–H groups in total. The zero-order chi connectivity index (χ0) is 12.5. The van der Waals surface area contributed by atoms with Crippen LogP contribution in [0.3, 0.4) is 0 Å². The highest BCUT2D eigenvalue weighted by atomic mass is 16.5. The Kier molecular flexibility index (Phi) is 2.82. The molecule has 3 rings (SSSR count). The van der Waals surface area contributed by atoms with Crippen molar-refractivity contribution >= 4 is 11.6 Å². The summed E-state index contributed by atoms with van der Waals surface area (Å²) in [6, 6.07) is 7.73. The molecule has 3 nitrogen and oxygen atoms in total. The Labute approximate surface area is 107 Å². The number of carbonyl (C=O) groups is 1. The molecule has 2 aliphatic rings. The van der Waals surface area contributed by atoms with E-state index in [0.29, 0.717) is 0 Å². The number of benzene rings is 1. The number of methoxy groups -OCH3 is 1. The summed E-state index contributed by atoms with van der Waals surface area (Å²) in [6.45, 7) is 0.745.